The maximum absolute atomic E-state index is 5.60. The molecule has 0 aliphatic heterocycles. The van der Waals surface area contributed by atoms with Gasteiger partial charge in [-0.3, -0.25) is 0 Å². The zero-order chi connectivity index (χ0) is 13.2. The van der Waals surface area contributed by atoms with E-state index in [1.54, 1.807) is 13.2 Å². The van der Waals surface area contributed by atoms with Gasteiger partial charge in [-0.15, -0.1) is 12.3 Å². The molecule has 0 radical (unpaired) electrons. The summed E-state index contributed by atoms with van der Waals surface area (Å²) in [6.07, 6.45) is 5.50. The molecule has 1 rings (SSSR count). The maximum Gasteiger partial charge on any atom is 0.118 e. The van der Waals surface area contributed by atoms with Crippen molar-refractivity contribution in [2.75, 3.05) is 13.7 Å². The van der Waals surface area contributed by atoms with Gasteiger partial charge < -0.3 is 9.47 Å². The fourth-order valence-electron chi connectivity index (χ4n) is 1.64. The molecule has 0 spiro atoms. The van der Waals surface area contributed by atoms with E-state index in [0.717, 1.165) is 18.6 Å². The molecular weight excluding hydrogens is 224 g/mol. The minimum atomic E-state index is 0.0441. The summed E-state index contributed by atoms with van der Waals surface area (Å²) in [6, 6.07) is 8.08. The van der Waals surface area contributed by atoms with Crippen molar-refractivity contribution in [1.29, 1.82) is 0 Å². The zero-order valence-electron chi connectivity index (χ0n) is 10.9. The van der Waals surface area contributed by atoms with Crippen molar-refractivity contribution >= 4 is 0 Å². The van der Waals surface area contributed by atoms with Crippen LogP contribution in [-0.4, -0.2) is 19.8 Å². The summed E-state index contributed by atoms with van der Waals surface area (Å²) in [5.74, 6) is 0.879. The first-order valence-corrected chi connectivity index (χ1v) is 6.01. The first-order valence-electron chi connectivity index (χ1n) is 6.01. The monoisotopic (exact) mass is 244 g/mol. The van der Waals surface area contributed by atoms with E-state index in [9.17, 15) is 0 Å². The average molecular weight is 244 g/mol. The highest BCUT2D eigenvalue weighted by atomic mass is 16.5. The van der Waals surface area contributed by atoms with Crippen molar-refractivity contribution in [3.8, 4) is 5.75 Å². The summed E-state index contributed by atoms with van der Waals surface area (Å²) in [5.41, 5.74) is 4.04. The van der Waals surface area contributed by atoms with Gasteiger partial charge in [-0.1, -0.05) is 24.8 Å². The SMILES string of the molecule is C=C=CC(CCc1ccc(OC)cc1)OCC=C. The second-order valence-electron chi connectivity index (χ2n) is 3.92. The number of hydrogen-bond donors (Lipinski definition) is 0. The molecule has 0 bridgehead atoms. The van der Waals surface area contributed by atoms with Crippen molar-refractivity contribution in [1.82, 2.24) is 0 Å². The summed E-state index contributed by atoms with van der Waals surface area (Å²) in [6.45, 7) is 7.77. The Balaban J connectivity index is 2.49. The van der Waals surface area contributed by atoms with Crippen LogP contribution in [-0.2, 0) is 11.2 Å². The lowest BCUT2D eigenvalue weighted by molar-refractivity contribution is 0.103. The number of ether oxygens (including phenoxy) is 2. The summed E-state index contributed by atoms with van der Waals surface area (Å²) < 4.78 is 10.7. The third kappa shape index (κ3) is 5.05. The first-order chi connectivity index (χ1) is 8.80. The smallest absolute Gasteiger partial charge is 0.118 e. The lowest BCUT2D eigenvalue weighted by Gasteiger charge is -2.12. The van der Waals surface area contributed by atoms with Crippen LogP contribution in [0.3, 0.4) is 0 Å². The van der Waals surface area contributed by atoms with Crippen LogP contribution in [0.5, 0.6) is 5.75 Å². The van der Waals surface area contributed by atoms with Gasteiger partial charge >= 0.3 is 0 Å². The lowest BCUT2D eigenvalue weighted by atomic mass is 10.1. The summed E-state index contributed by atoms with van der Waals surface area (Å²) in [5, 5.41) is 0. The van der Waals surface area contributed by atoms with Crippen LogP contribution < -0.4 is 4.74 Å². The zero-order valence-corrected chi connectivity index (χ0v) is 10.9. The Hall–Kier alpha value is -1.76. The van der Waals surface area contributed by atoms with Gasteiger partial charge in [-0.05, 0) is 36.6 Å². The predicted molar refractivity (Wildman–Crippen MR) is 75.0 cm³/mol. The number of aryl methyl sites for hydroxylation is 1. The quantitative estimate of drug-likeness (QED) is 0.514. The summed E-state index contributed by atoms with van der Waals surface area (Å²) >= 11 is 0. The van der Waals surface area contributed by atoms with Crippen LogP contribution in [0.2, 0.25) is 0 Å². The molecule has 0 saturated heterocycles. The molecule has 0 fully saturated rings. The van der Waals surface area contributed by atoms with E-state index < -0.39 is 0 Å². The average Bonchev–Trinajstić information content (AvgIpc) is 2.42. The highest BCUT2D eigenvalue weighted by Gasteiger charge is 2.04. The fourth-order valence-corrected chi connectivity index (χ4v) is 1.64. The van der Waals surface area contributed by atoms with Gasteiger partial charge in [0.2, 0.25) is 0 Å². The van der Waals surface area contributed by atoms with Crippen LogP contribution in [0, 0.1) is 0 Å². The molecule has 1 aromatic rings. The molecule has 2 heteroatoms. The molecule has 2 nitrogen and oxygen atoms in total. The van der Waals surface area contributed by atoms with Crippen LogP contribution >= 0.6 is 0 Å². The van der Waals surface area contributed by atoms with E-state index in [-0.39, 0.29) is 6.10 Å². The van der Waals surface area contributed by atoms with Crippen molar-refractivity contribution < 1.29 is 9.47 Å². The van der Waals surface area contributed by atoms with Gasteiger partial charge in [-0.2, -0.15) is 0 Å². The van der Waals surface area contributed by atoms with Gasteiger partial charge in [-0.25, -0.2) is 0 Å². The van der Waals surface area contributed by atoms with Gasteiger partial charge in [0, 0.05) is 0 Å². The third-order valence-corrected chi connectivity index (χ3v) is 2.61. The number of benzene rings is 1. The topological polar surface area (TPSA) is 18.5 Å². The standard InChI is InChI=1S/C16H20O2/c1-4-6-16(18-13-5-2)12-9-14-7-10-15(17-3)11-8-14/h5-8,10-11,16H,1-2,9,12-13H2,3H3. The van der Waals surface area contributed by atoms with Crippen molar-refractivity contribution in [2.45, 2.75) is 18.9 Å². The lowest BCUT2D eigenvalue weighted by Crippen LogP contribution is -2.10. The van der Waals surface area contributed by atoms with Crippen LogP contribution in [0.25, 0.3) is 0 Å². The Bertz CT molecular complexity index is 400. The normalized spacial score (nSPS) is 11.4. The second-order valence-corrected chi connectivity index (χ2v) is 3.92. The highest BCUT2D eigenvalue weighted by Crippen LogP contribution is 2.14. The Morgan fingerprint density at radius 3 is 2.61 bits per heavy atom. The first kappa shape index (κ1) is 14.3. The largest absolute Gasteiger partial charge is 0.497 e. The molecule has 1 atom stereocenters. The molecule has 0 heterocycles. The van der Waals surface area contributed by atoms with E-state index >= 15 is 0 Å². The van der Waals surface area contributed by atoms with E-state index in [1.807, 2.05) is 18.2 Å². The van der Waals surface area contributed by atoms with Crippen LogP contribution in [0.15, 0.2) is 55.3 Å². The fraction of sp³-hybridized carbons (Fsp3) is 0.312. The van der Waals surface area contributed by atoms with Crippen molar-refractivity contribution in [3.05, 3.63) is 60.9 Å². The summed E-state index contributed by atoms with van der Waals surface area (Å²) in [4.78, 5) is 0. The minimum Gasteiger partial charge on any atom is -0.497 e. The molecule has 1 aromatic carbocycles. The van der Waals surface area contributed by atoms with E-state index in [1.165, 1.54) is 5.56 Å². The Morgan fingerprint density at radius 1 is 1.33 bits per heavy atom. The molecule has 18 heavy (non-hydrogen) atoms. The Kier molecular flexibility index (Phi) is 6.63. The van der Waals surface area contributed by atoms with Gasteiger partial charge in [0.1, 0.15) is 5.75 Å². The van der Waals surface area contributed by atoms with Crippen molar-refractivity contribution in [3.63, 3.8) is 0 Å². The predicted octanol–water partition coefficient (Wildman–Crippen LogP) is 3.54. The van der Waals surface area contributed by atoms with E-state index in [2.05, 4.69) is 31.0 Å². The molecule has 96 valence electrons. The molecule has 0 amide bonds. The van der Waals surface area contributed by atoms with Gasteiger partial charge in [0.05, 0.1) is 19.8 Å². The maximum atomic E-state index is 5.60. The second kappa shape index (κ2) is 8.35. The molecule has 0 N–H and O–H groups in total. The Morgan fingerprint density at radius 2 is 2.06 bits per heavy atom. The van der Waals surface area contributed by atoms with Crippen molar-refractivity contribution in [2.24, 2.45) is 0 Å². The van der Waals surface area contributed by atoms with E-state index in [0.29, 0.717) is 6.61 Å². The third-order valence-electron chi connectivity index (χ3n) is 2.61. The van der Waals surface area contributed by atoms with Crippen LogP contribution in [0.4, 0.5) is 0 Å². The molecule has 0 aliphatic carbocycles. The molecule has 0 saturated carbocycles. The molecule has 0 aromatic heterocycles. The molecular formula is C16H20O2. The molecule has 1 unspecified atom stereocenters. The highest BCUT2D eigenvalue weighted by molar-refractivity contribution is 5.27. The van der Waals surface area contributed by atoms with Gasteiger partial charge in [0.25, 0.3) is 0 Å². The van der Waals surface area contributed by atoms with Gasteiger partial charge in [0.15, 0.2) is 0 Å². The minimum absolute atomic E-state index is 0.0441. The Labute approximate surface area is 109 Å². The number of methoxy groups -OCH3 is 1. The number of hydrogen-bond acceptors (Lipinski definition) is 2. The van der Waals surface area contributed by atoms with E-state index in [4.69, 9.17) is 9.47 Å². The summed E-state index contributed by atoms with van der Waals surface area (Å²) in [7, 11) is 1.67. The van der Waals surface area contributed by atoms with Crippen LogP contribution in [0.1, 0.15) is 12.0 Å². The molecule has 0 aliphatic rings. The number of rotatable bonds is 8.